The smallest absolute Gasteiger partial charge is 0.264 e. The van der Waals surface area contributed by atoms with Gasteiger partial charge in [-0.15, -0.1) is 0 Å². The summed E-state index contributed by atoms with van der Waals surface area (Å²) in [6.07, 6.45) is 9.89. The Hall–Kier alpha value is -3.03. The Morgan fingerprint density at radius 1 is 1.08 bits per heavy atom. The largest absolute Gasteiger partial charge is 0.483 e. The van der Waals surface area contributed by atoms with Crippen LogP contribution in [0, 0.1) is 35.5 Å². The second-order valence-corrected chi connectivity index (χ2v) is 16.4. The number of carbonyl (C=O) groups excluding carboxylic acids is 1. The van der Waals surface area contributed by atoms with Gasteiger partial charge < -0.3 is 19.1 Å². The van der Waals surface area contributed by atoms with Crippen molar-refractivity contribution in [3.63, 3.8) is 0 Å². The lowest BCUT2D eigenvalue weighted by Crippen LogP contribution is -2.50. The molecule has 1 amide bonds. The maximum Gasteiger partial charge on any atom is 0.264 e. The standard InChI is InChI=1S/C38H47ClN2O6S/c1-25-9-8-19-38(46-4,18-5-6-20-45-3)33-16-12-29(33)23-41-24-30-11-7-10-27-21-31(39)14-15-32(27)36(30)47-35-17-13-28(22-34(35)41)37(42)40-48(43,44)26(25)2/h8,13-15,17,19,21-22,25-26,29-30,33,36H,6-7,9-12,16,20,23-24H2,1-4H3,(H,40,42)/b19-8+/t25-,26+,29-,30+,33+,36?,38+/m0/s1. The normalized spacial score (nSPS) is 31.9. The quantitative estimate of drug-likeness (QED) is 0.216. The molecule has 0 aromatic heterocycles. The Morgan fingerprint density at radius 2 is 1.90 bits per heavy atom. The number of benzene rings is 2. The molecule has 10 heteroatoms. The lowest BCUT2D eigenvalue weighted by molar-refractivity contribution is -0.0351. The Bertz CT molecular complexity index is 1720. The number of rotatable bonds is 3. The number of aryl methyl sites for hydroxylation is 1. The van der Waals surface area contributed by atoms with Crippen LogP contribution in [-0.4, -0.2) is 59.1 Å². The second kappa shape index (κ2) is 14.4. The number of carbonyl (C=O) groups is 1. The van der Waals surface area contributed by atoms with E-state index in [9.17, 15) is 13.2 Å². The number of hydrogen-bond donors (Lipinski definition) is 1. The molecule has 258 valence electrons. The van der Waals surface area contributed by atoms with Crippen LogP contribution in [-0.2, 0) is 25.9 Å². The third kappa shape index (κ3) is 7.00. The van der Waals surface area contributed by atoms with Crippen LogP contribution in [0.5, 0.6) is 5.75 Å². The molecular weight excluding hydrogens is 648 g/mol. The first-order valence-electron chi connectivity index (χ1n) is 17.2. The van der Waals surface area contributed by atoms with Gasteiger partial charge in [0.1, 0.15) is 17.5 Å². The second-order valence-electron chi connectivity index (χ2n) is 13.9. The van der Waals surface area contributed by atoms with E-state index in [1.807, 2.05) is 31.2 Å². The van der Waals surface area contributed by atoms with Crippen LogP contribution in [0.15, 0.2) is 48.6 Å². The molecule has 8 nitrogen and oxygen atoms in total. The van der Waals surface area contributed by atoms with Gasteiger partial charge >= 0.3 is 0 Å². The Kier molecular flexibility index (Phi) is 10.5. The zero-order chi connectivity index (χ0) is 34.1. The molecule has 1 unspecified atom stereocenters. The number of amides is 1. The van der Waals surface area contributed by atoms with E-state index in [0.29, 0.717) is 25.2 Å². The number of fused-ring (bicyclic) bond motifs is 5. The molecule has 0 spiro atoms. The number of ether oxygens (including phenoxy) is 3. The Morgan fingerprint density at radius 3 is 2.65 bits per heavy atom. The van der Waals surface area contributed by atoms with Crippen molar-refractivity contribution in [2.24, 2.45) is 23.7 Å². The fraction of sp³-hybridized carbons (Fsp3) is 0.553. The average Bonchev–Trinajstić information content (AvgIpc) is 3.30. The van der Waals surface area contributed by atoms with Crippen LogP contribution in [0.4, 0.5) is 5.69 Å². The third-order valence-electron chi connectivity index (χ3n) is 11.0. The highest BCUT2D eigenvalue weighted by atomic mass is 35.5. The van der Waals surface area contributed by atoms with Crippen molar-refractivity contribution in [3.8, 4) is 17.6 Å². The van der Waals surface area contributed by atoms with E-state index in [-0.39, 0.29) is 35.3 Å². The highest BCUT2D eigenvalue weighted by Gasteiger charge is 2.47. The molecule has 2 aromatic rings. The lowest BCUT2D eigenvalue weighted by Gasteiger charge is -2.47. The van der Waals surface area contributed by atoms with Crippen molar-refractivity contribution in [1.82, 2.24) is 4.72 Å². The number of hydrogen-bond acceptors (Lipinski definition) is 7. The van der Waals surface area contributed by atoms with E-state index in [4.69, 9.17) is 25.8 Å². The lowest BCUT2D eigenvalue weighted by atomic mass is 9.64. The summed E-state index contributed by atoms with van der Waals surface area (Å²) in [4.78, 5) is 15.9. The van der Waals surface area contributed by atoms with E-state index in [1.54, 1.807) is 33.3 Å². The molecule has 1 saturated carbocycles. The summed E-state index contributed by atoms with van der Waals surface area (Å²) in [5.74, 6) is 7.17. The van der Waals surface area contributed by atoms with Crippen LogP contribution < -0.4 is 14.4 Å². The van der Waals surface area contributed by atoms with Crippen molar-refractivity contribution < 1.29 is 27.4 Å². The van der Waals surface area contributed by atoms with E-state index < -0.39 is 26.8 Å². The summed E-state index contributed by atoms with van der Waals surface area (Å²) in [7, 11) is -0.574. The maximum absolute atomic E-state index is 13.5. The van der Waals surface area contributed by atoms with E-state index >= 15 is 0 Å². The first-order valence-corrected chi connectivity index (χ1v) is 19.1. The highest BCUT2D eigenvalue weighted by molar-refractivity contribution is 7.90. The zero-order valence-corrected chi connectivity index (χ0v) is 29.9. The Balaban J connectivity index is 1.44. The molecule has 4 aliphatic rings. The summed E-state index contributed by atoms with van der Waals surface area (Å²) < 4.78 is 47.7. The maximum atomic E-state index is 13.5. The molecule has 2 bridgehead atoms. The van der Waals surface area contributed by atoms with Crippen LogP contribution in [0.25, 0.3) is 0 Å². The van der Waals surface area contributed by atoms with E-state index in [2.05, 4.69) is 33.6 Å². The van der Waals surface area contributed by atoms with Gasteiger partial charge in [0.05, 0.1) is 17.5 Å². The molecule has 7 atom stereocenters. The van der Waals surface area contributed by atoms with Gasteiger partial charge in [0.2, 0.25) is 10.0 Å². The number of methoxy groups -OCH3 is 2. The Labute approximate surface area is 290 Å². The molecule has 0 saturated heterocycles. The molecule has 2 heterocycles. The minimum atomic E-state index is -3.96. The number of sulfonamides is 1. The minimum Gasteiger partial charge on any atom is -0.483 e. The van der Waals surface area contributed by atoms with Crippen LogP contribution >= 0.6 is 11.6 Å². The predicted octanol–water partition coefficient (Wildman–Crippen LogP) is 6.73. The zero-order valence-electron chi connectivity index (χ0n) is 28.3. The van der Waals surface area contributed by atoms with Gasteiger partial charge in [-0.25, -0.2) is 13.1 Å². The van der Waals surface area contributed by atoms with Crippen LogP contribution in [0.1, 0.15) is 80.0 Å². The van der Waals surface area contributed by atoms with Gasteiger partial charge in [-0.3, -0.25) is 4.79 Å². The fourth-order valence-electron chi connectivity index (χ4n) is 7.83. The van der Waals surface area contributed by atoms with Gasteiger partial charge in [-0.1, -0.05) is 42.5 Å². The van der Waals surface area contributed by atoms with Gasteiger partial charge in [0.25, 0.3) is 5.91 Å². The van der Waals surface area contributed by atoms with Crippen molar-refractivity contribution in [2.45, 2.75) is 75.7 Å². The van der Waals surface area contributed by atoms with Gasteiger partial charge in [0, 0.05) is 56.2 Å². The minimum absolute atomic E-state index is 0.130. The molecular formula is C38H47ClN2O6S. The average molecular weight is 695 g/mol. The molecule has 6 rings (SSSR count). The molecule has 2 aliphatic carbocycles. The topological polar surface area (TPSA) is 94.2 Å². The molecule has 1 N–H and O–H groups in total. The number of allylic oxidation sites excluding steroid dienone is 1. The summed E-state index contributed by atoms with van der Waals surface area (Å²) >= 11 is 6.42. The van der Waals surface area contributed by atoms with Gasteiger partial charge in [-0.05, 0) is 105 Å². The van der Waals surface area contributed by atoms with Crippen molar-refractivity contribution in [1.29, 1.82) is 0 Å². The number of anilines is 1. The van der Waals surface area contributed by atoms with Crippen molar-refractivity contribution in [2.75, 3.05) is 38.8 Å². The van der Waals surface area contributed by atoms with Crippen molar-refractivity contribution in [3.05, 3.63) is 70.3 Å². The first kappa shape index (κ1) is 34.8. The summed E-state index contributed by atoms with van der Waals surface area (Å²) in [5.41, 5.74) is 2.63. The summed E-state index contributed by atoms with van der Waals surface area (Å²) in [5, 5.41) is -0.0837. The number of nitrogens with one attached hydrogen (secondary N) is 1. The van der Waals surface area contributed by atoms with Crippen LogP contribution in [0.3, 0.4) is 0 Å². The molecule has 2 aliphatic heterocycles. The number of halogens is 1. The van der Waals surface area contributed by atoms with Gasteiger partial charge in [0.15, 0.2) is 0 Å². The fourth-order valence-corrected chi connectivity index (χ4v) is 9.30. The predicted molar refractivity (Wildman–Crippen MR) is 189 cm³/mol. The van der Waals surface area contributed by atoms with Crippen molar-refractivity contribution >= 4 is 33.2 Å². The molecule has 1 fully saturated rings. The summed E-state index contributed by atoms with van der Waals surface area (Å²) in [6, 6.07) is 11.4. The van der Waals surface area contributed by atoms with Gasteiger partial charge in [-0.2, -0.15) is 0 Å². The van der Waals surface area contributed by atoms with E-state index in [0.717, 1.165) is 61.5 Å². The third-order valence-corrected chi connectivity index (χ3v) is 13.2. The molecule has 0 radical (unpaired) electrons. The SMILES string of the molecule is COCCC#C[C@@]1(OC)/C=C/C[C@H](C)[C@@H](C)S(=O)(=O)NC(=O)c2ccc3c(c2)N(C[C@H]2CCCc4cc(Cl)ccc4C2O3)C[C@@H]2CC[C@H]21. The van der Waals surface area contributed by atoms with Crippen LogP contribution in [0.2, 0.25) is 5.02 Å². The monoisotopic (exact) mass is 694 g/mol. The summed E-state index contributed by atoms with van der Waals surface area (Å²) in [6.45, 7) is 5.53. The first-order chi connectivity index (χ1) is 23.0. The molecule has 48 heavy (non-hydrogen) atoms. The highest BCUT2D eigenvalue weighted by Crippen LogP contribution is 2.49. The molecule has 2 aromatic carbocycles. The number of nitrogens with zero attached hydrogens (tertiary/aromatic N) is 1. The van der Waals surface area contributed by atoms with E-state index in [1.165, 1.54) is 5.56 Å².